The molecule has 23 heteroatoms. The van der Waals surface area contributed by atoms with Crippen molar-refractivity contribution in [2.75, 3.05) is 25.6 Å². The van der Waals surface area contributed by atoms with Crippen LogP contribution in [-0.4, -0.2) is 99.1 Å². The number of hydrogen-bond acceptors (Lipinski definition) is 16. The minimum absolute atomic E-state index is 0.00142. The molecule has 2 unspecified atom stereocenters. The van der Waals surface area contributed by atoms with E-state index in [0.29, 0.717) is 0 Å². The lowest BCUT2D eigenvalue weighted by atomic mass is 10.1. The Morgan fingerprint density at radius 1 is 1.23 bits per heavy atom. The van der Waals surface area contributed by atoms with E-state index in [1.807, 2.05) is 0 Å². The number of nitrogen functional groups attached to an aromatic ring is 1. The Morgan fingerprint density at radius 2 is 2.02 bits per heavy atom. The molecule has 6 heterocycles. The molecule has 44 heavy (non-hydrogen) atoms. The second-order valence-electron chi connectivity index (χ2n) is 9.79. The highest BCUT2D eigenvalue weighted by atomic mass is 32.7. The fraction of sp³-hybridized carbons (Fsp3) is 0.476. The highest BCUT2D eigenvalue weighted by molar-refractivity contribution is 8.44. The lowest BCUT2D eigenvalue weighted by molar-refractivity contribution is -0.0978. The molecule has 9 atom stereocenters. The highest BCUT2D eigenvalue weighted by Gasteiger charge is 2.56. The summed E-state index contributed by atoms with van der Waals surface area (Å²) in [5.41, 5.74) is 3.85. The van der Waals surface area contributed by atoms with E-state index in [1.54, 1.807) is 0 Å². The number of anilines is 1. The molecule has 6 rings (SSSR count). The molecule has 238 valence electrons. The van der Waals surface area contributed by atoms with E-state index in [0.717, 1.165) is 10.5 Å². The monoisotopic (exact) mass is 692 g/mol. The molecule has 0 saturated carbocycles. The normalized spacial score (nSPS) is 31.1. The number of rotatable bonds is 10. The molecule has 0 bridgehead atoms. The molecule has 5 N–H and O–H groups in total. The summed E-state index contributed by atoms with van der Waals surface area (Å²) in [6.45, 7) is -6.17. The van der Waals surface area contributed by atoms with E-state index in [2.05, 4.69) is 44.4 Å². The molecule has 0 radical (unpaired) electrons. The van der Waals surface area contributed by atoms with Crippen molar-refractivity contribution in [3.63, 3.8) is 0 Å². The molecule has 2 aliphatic heterocycles. The van der Waals surface area contributed by atoms with Gasteiger partial charge in [-0.05, 0) is 0 Å². The van der Waals surface area contributed by atoms with Gasteiger partial charge >= 0.3 is 6.80 Å². The maximum atomic E-state index is 13.7. The molecule has 4 aromatic heterocycles. The molecule has 0 spiro atoms. The van der Waals surface area contributed by atoms with E-state index in [1.165, 1.54) is 40.4 Å². The molecular formula is C21H26N8O11P2S2. The van der Waals surface area contributed by atoms with Crippen LogP contribution in [0.25, 0.3) is 16.9 Å². The molecule has 2 fully saturated rings. The maximum Gasteiger partial charge on any atom is 0.388 e. The predicted molar refractivity (Wildman–Crippen MR) is 156 cm³/mol. The van der Waals surface area contributed by atoms with Gasteiger partial charge in [0.2, 0.25) is 18.7 Å². The summed E-state index contributed by atoms with van der Waals surface area (Å²) in [7, 11) is -2.93. The van der Waals surface area contributed by atoms with Gasteiger partial charge in [0.25, 0.3) is 5.56 Å². The average molecular weight is 693 g/mol. The van der Waals surface area contributed by atoms with E-state index in [9.17, 15) is 29.2 Å². The largest absolute Gasteiger partial charge is 0.394 e. The van der Waals surface area contributed by atoms with E-state index < -0.39 is 81.9 Å². The van der Waals surface area contributed by atoms with Crippen LogP contribution in [0, 0.1) is 0 Å². The second kappa shape index (κ2) is 12.1. The highest BCUT2D eigenvalue weighted by Crippen LogP contribution is 2.59. The first-order valence-electron chi connectivity index (χ1n) is 12.8. The van der Waals surface area contributed by atoms with Crippen LogP contribution in [0.2, 0.25) is 0 Å². The quantitative estimate of drug-likeness (QED) is 0.0893. The van der Waals surface area contributed by atoms with Gasteiger partial charge in [0.1, 0.15) is 42.4 Å². The van der Waals surface area contributed by atoms with Crippen LogP contribution in [0.15, 0.2) is 42.1 Å². The van der Waals surface area contributed by atoms with E-state index >= 15 is 0 Å². The fourth-order valence-electron chi connectivity index (χ4n) is 5.20. The van der Waals surface area contributed by atoms with Gasteiger partial charge in [-0.15, -0.1) is 0 Å². The predicted octanol–water partition coefficient (Wildman–Crippen LogP) is -0.643. The van der Waals surface area contributed by atoms with Crippen LogP contribution in [0.3, 0.4) is 0 Å². The van der Waals surface area contributed by atoms with Crippen LogP contribution in [-0.2, 0) is 37.9 Å². The average Bonchev–Trinajstić information content (AvgIpc) is 3.75. The fourth-order valence-corrected chi connectivity index (χ4v) is 7.75. The standard InChI is InChI=1S/C21H26N8O11P2S2/c22-17-13-18(25-8-24-17)28(9-26-13)19-14(32)15(39-41(34)43)11(38-19)6-37-42(35,44)40-21(7-36-10(5-30)16(21)33)29-3-1-12(31)27-4-2-23-20(27)29/h1-4,8-11,14-16,19,30,32-33,41H,5-7H2,(H,34,43)(H,35,44)(H2,22,24,25)/t10-,11-,14-,15+,16-,19-,21+,42?/m1/s1. The Morgan fingerprint density at radius 3 is 2.75 bits per heavy atom. The van der Waals surface area contributed by atoms with Crippen LogP contribution in [0.1, 0.15) is 6.23 Å². The lowest BCUT2D eigenvalue weighted by Crippen LogP contribution is -2.49. The number of imidazole rings is 2. The van der Waals surface area contributed by atoms with Crippen LogP contribution in [0.5, 0.6) is 0 Å². The topological polar surface area (TPSA) is 250 Å². The van der Waals surface area contributed by atoms with Gasteiger partial charge in [-0.25, -0.2) is 24.5 Å². The Labute approximate surface area is 257 Å². The maximum absolute atomic E-state index is 13.7. The molecule has 0 aromatic carbocycles. The molecule has 4 aromatic rings. The summed E-state index contributed by atoms with van der Waals surface area (Å²) >= 11 is 7.92. The number of nitrogens with zero attached hydrogens (tertiary/aromatic N) is 7. The molecule has 0 amide bonds. The number of aromatic nitrogens is 7. The van der Waals surface area contributed by atoms with Gasteiger partial charge in [-0.3, -0.25) is 31.9 Å². The summed E-state index contributed by atoms with van der Waals surface area (Å²) < 4.78 is 57.7. The number of fused-ring (bicyclic) bond motifs is 2. The zero-order valence-corrected chi connectivity index (χ0v) is 25.9. The number of aliphatic hydroxyl groups excluding tert-OH is 3. The van der Waals surface area contributed by atoms with E-state index in [4.69, 9.17) is 28.8 Å². The Kier molecular flexibility index (Phi) is 8.68. The third-order valence-electron chi connectivity index (χ3n) is 7.23. The number of thiol groups is 2. The van der Waals surface area contributed by atoms with Crippen molar-refractivity contribution in [1.29, 1.82) is 0 Å². The Balaban J connectivity index is 1.28. The van der Waals surface area contributed by atoms with Crippen molar-refractivity contribution in [3.05, 3.63) is 47.7 Å². The van der Waals surface area contributed by atoms with Gasteiger partial charge in [0, 0.05) is 24.7 Å². The van der Waals surface area contributed by atoms with Crippen LogP contribution >= 0.6 is 38.5 Å². The molecule has 0 aliphatic carbocycles. The van der Waals surface area contributed by atoms with Gasteiger partial charge in [0.15, 0.2) is 17.7 Å². The molecule has 2 aliphatic rings. The summed E-state index contributed by atoms with van der Waals surface area (Å²) in [5, 5.41) is 32.0. The van der Waals surface area contributed by atoms with Gasteiger partial charge in [-0.2, -0.15) is 0 Å². The SMILES string of the molecule is Nc1ncnc2c1ncn2[C@@H]1O[C@H](COP(=O)(S)O[C@@]2(n3ccc(=O)n4ccnc34)CO[C@H](CO)[C@H]2O)[C@H](O[PH](=O)S)[C@H]1O. The molecule has 19 nitrogen and oxygen atoms in total. The smallest absolute Gasteiger partial charge is 0.388 e. The number of ether oxygens (including phenoxy) is 2. The number of hydrogen-bond donors (Lipinski definition) is 6. The Bertz CT molecular complexity index is 1830. The number of nitrogens with two attached hydrogens (primary N) is 1. The van der Waals surface area contributed by atoms with Crippen LogP contribution in [0.4, 0.5) is 5.82 Å². The minimum atomic E-state index is -4.50. The first kappa shape index (κ1) is 31.6. The first-order chi connectivity index (χ1) is 21.0. The summed E-state index contributed by atoms with van der Waals surface area (Å²) in [6.07, 6.45) is -1.50. The summed E-state index contributed by atoms with van der Waals surface area (Å²) in [6, 6.07) is 1.16. The third-order valence-corrected chi connectivity index (χ3v) is 9.63. The zero-order valence-electron chi connectivity index (χ0n) is 22.2. The number of aliphatic hydroxyl groups is 3. The van der Waals surface area contributed by atoms with E-state index in [-0.39, 0.29) is 22.8 Å². The van der Waals surface area contributed by atoms with Gasteiger partial charge < -0.3 is 35.1 Å². The first-order valence-corrected chi connectivity index (χ1v) is 18.1. The Hall–Kier alpha value is -2.39. The van der Waals surface area contributed by atoms with Crippen molar-refractivity contribution in [1.82, 2.24) is 33.5 Å². The third kappa shape index (κ3) is 5.50. The van der Waals surface area contributed by atoms with Crippen LogP contribution < -0.4 is 11.3 Å². The van der Waals surface area contributed by atoms with Crippen molar-refractivity contribution < 1.29 is 47.5 Å². The summed E-state index contributed by atoms with van der Waals surface area (Å²) in [4.78, 5) is 28.6. The lowest BCUT2D eigenvalue weighted by Gasteiger charge is -2.35. The zero-order chi connectivity index (χ0) is 31.4. The van der Waals surface area contributed by atoms with Crippen molar-refractivity contribution >= 4 is 61.3 Å². The minimum Gasteiger partial charge on any atom is -0.394 e. The van der Waals surface area contributed by atoms with Gasteiger partial charge in [0.05, 0.1) is 26.1 Å². The van der Waals surface area contributed by atoms with Gasteiger partial charge in [-0.1, -0.05) is 24.5 Å². The van der Waals surface area contributed by atoms with Crippen molar-refractivity contribution in [2.45, 2.75) is 42.5 Å². The van der Waals surface area contributed by atoms with Crippen molar-refractivity contribution in [2.24, 2.45) is 0 Å². The van der Waals surface area contributed by atoms with Crippen molar-refractivity contribution in [3.8, 4) is 0 Å². The summed E-state index contributed by atoms with van der Waals surface area (Å²) in [5.74, 6) is 0.0925. The molecule has 2 saturated heterocycles. The molecular weight excluding hydrogens is 666 g/mol. The second-order valence-corrected chi connectivity index (χ2v) is 14.5.